The average Bonchev–Trinajstić information content (AvgIpc) is 2.27. The number of quaternary nitrogens is 1. The summed E-state index contributed by atoms with van der Waals surface area (Å²) < 4.78 is 6.92. The van der Waals surface area contributed by atoms with Crippen LogP contribution in [0.15, 0.2) is 24.3 Å². The maximum Gasteiger partial charge on any atom is 0.138 e. The molecule has 0 radical (unpaired) electrons. The van der Waals surface area contributed by atoms with Crippen molar-refractivity contribution in [3.8, 4) is 0 Å². The first kappa shape index (κ1) is 13.6. The molecule has 1 fully saturated rings. The zero-order valence-corrected chi connectivity index (χ0v) is 12.3. The third-order valence-electron chi connectivity index (χ3n) is 4.09. The van der Waals surface area contributed by atoms with Gasteiger partial charge in [0.1, 0.15) is 25.3 Å². The lowest BCUT2D eigenvalue weighted by Gasteiger charge is -2.44. The Morgan fingerprint density at radius 2 is 1.89 bits per heavy atom. The van der Waals surface area contributed by atoms with E-state index in [-0.39, 0.29) is 0 Å². The first-order chi connectivity index (χ1) is 8.42. The summed E-state index contributed by atoms with van der Waals surface area (Å²) in [4.78, 5) is 0. The minimum Gasteiger partial charge on any atom is -0.366 e. The number of hydrogen-bond donors (Lipinski definition) is 0. The van der Waals surface area contributed by atoms with E-state index in [0.717, 1.165) is 17.6 Å². The van der Waals surface area contributed by atoms with Crippen LogP contribution in [-0.4, -0.2) is 37.8 Å². The summed E-state index contributed by atoms with van der Waals surface area (Å²) in [5, 5.41) is 0. The van der Waals surface area contributed by atoms with Gasteiger partial charge in [0.25, 0.3) is 0 Å². The van der Waals surface area contributed by atoms with Crippen LogP contribution < -0.4 is 0 Å². The molecule has 2 atom stereocenters. The summed E-state index contributed by atoms with van der Waals surface area (Å²) >= 11 is 0. The number of benzene rings is 1. The largest absolute Gasteiger partial charge is 0.366 e. The highest BCUT2D eigenvalue weighted by molar-refractivity contribution is 5.31. The van der Waals surface area contributed by atoms with Gasteiger partial charge in [0.05, 0.1) is 14.1 Å². The molecule has 1 aliphatic rings. The van der Waals surface area contributed by atoms with Gasteiger partial charge < -0.3 is 9.22 Å². The quantitative estimate of drug-likeness (QED) is 0.729. The summed E-state index contributed by atoms with van der Waals surface area (Å²) in [7, 11) is 4.64. The normalized spacial score (nSPS) is 27.4. The fraction of sp³-hybridized carbons (Fsp3) is 0.625. The van der Waals surface area contributed by atoms with Gasteiger partial charge in [-0.2, -0.15) is 0 Å². The molecule has 2 nitrogen and oxygen atoms in total. The Bertz CT molecular complexity index is 411. The van der Waals surface area contributed by atoms with Crippen molar-refractivity contribution in [3.63, 3.8) is 0 Å². The lowest BCUT2D eigenvalue weighted by atomic mass is 9.91. The molecule has 2 unspecified atom stereocenters. The van der Waals surface area contributed by atoms with Crippen LogP contribution in [0.4, 0.5) is 0 Å². The molecule has 0 spiro atoms. The highest BCUT2D eigenvalue weighted by Crippen LogP contribution is 2.34. The highest BCUT2D eigenvalue weighted by Gasteiger charge is 2.37. The minimum atomic E-state index is 0.363. The molecule has 1 aromatic rings. The summed E-state index contributed by atoms with van der Waals surface area (Å²) in [6, 6.07) is 9.29. The first-order valence-corrected chi connectivity index (χ1v) is 6.95. The fourth-order valence-electron chi connectivity index (χ4n) is 3.11. The van der Waals surface area contributed by atoms with Gasteiger partial charge in [-0.25, -0.2) is 0 Å². The van der Waals surface area contributed by atoms with E-state index in [0.29, 0.717) is 18.1 Å². The highest BCUT2D eigenvalue weighted by atomic mass is 16.5. The van der Waals surface area contributed by atoms with Gasteiger partial charge in [0.15, 0.2) is 0 Å². The zero-order chi connectivity index (χ0) is 13.3. The molecule has 0 amide bonds. The summed E-state index contributed by atoms with van der Waals surface area (Å²) in [6.45, 7) is 8.62. The second-order valence-electron chi connectivity index (χ2n) is 6.40. The van der Waals surface area contributed by atoms with Crippen molar-refractivity contribution < 1.29 is 9.22 Å². The predicted molar refractivity (Wildman–Crippen MR) is 75.7 cm³/mol. The molecule has 1 aliphatic heterocycles. The van der Waals surface area contributed by atoms with Crippen molar-refractivity contribution in [1.82, 2.24) is 0 Å². The topological polar surface area (TPSA) is 9.23 Å². The molecule has 0 N–H and O–H groups in total. The van der Waals surface area contributed by atoms with Gasteiger partial charge in [-0.3, -0.25) is 0 Å². The molecule has 1 aromatic carbocycles. The van der Waals surface area contributed by atoms with E-state index in [9.17, 15) is 0 Å². The molecule has 2 heteroatoms. The Labute approximate surface area is 111 Å². The van der Waals surface area contributed by atoms with Crippen LogP contribution in [0.3, 0.4) is 0 Å². The van der Waals surface area contributed by atoms with Gasteiger partial charge in [-0.05, 0) is 18.4 Å². The lowest BCUT2D eigenvalue weighted by Crippen LogP contribution is -2.54. The smallest absolute Gasteiger partial charge is 0.138 e. The van der Waals surface area contributed by atoms with Crippen molar-refractivity contribution in [2.75, 3.05) is 27.2 Å². The van der Waals surface area contributed by atoms with Crippen molar-refractivity contribution in [2.45, 2.75) is 38.8 Å². The third kappa shape index (κ3) is 2.60. The van der Waals surface area contributed by atoms with E-state index in [1.165, 1.54) is 11.1 Å². The standard InChI is InChI=1S/C16H26NO/c1-12(2)14-8-6-7-9-15(14)16-11-18-13(3)10-17(16,4)5/h6-9,12-13,16H,10-11H2,1-5H3/q+1. The van der Waals surface area contributed by atoms with Crippen molar-refractivity contribution in [3.05, 3.63) is 35.4 Å². The molecule has 1 saturated heterocycles. The van der Waals surface area contributed by atoms with Crippen LogP contribution in [0, 0.1) is 0 Å². The SMILES string of the molecule is CC1C[N+](C)(C)C(c2ccccc2C(C)C)CO1. The van der Waals surface area contributed by atoms with Gasteiger partial charge in [0.2, 0.25) is 0 Å². The maximum atomic E-state index is 5.90. The molecule has 18 heavy (non-hydrogen) atoms. The van der Waals surface area contributed by atoms with Gasteiger partial charge in [0, 0.05) is 5.56 Å². The minimum absolute atomic E-state index is 0.363. The van der Waals surface area contributed by atoms with E-state index in [1.807, 2.05) is 0 Å². The first-order valence-electron chi connectivity index (χ1n) is 6.95. The van der Waals surface area contributed by atoms with Crippen LogP contribution in [0.2, 0.25) is 0 Å². The Hall–Kier alpha value is -0.860. The molecule has 2 rings (SSSR count). The lowest BCUT2D eigenvalue weighted by molar-refractivity contribution is -0.932. The van der Waals surface area contributed by atoms with E-state index >= 15 is 0 Å². The Morgan fingerprint density at radius 3 is 2.50 bits per heavy atom. The fourth-order valence-corrected chi connectivity index (χ4v) is 3.11. The number of likely N-dealkylation sites (N-methyl/N-ethyl adjacent to an activating group) is 1. The van der Waals surface area contributed by atoms with E-state index in [1.54, 1.807) is 0 Å². The van der Waals surface area contributed by atoms with Crippen molar-refractivity contribution in [2.24, 2.45) is 0 Å². The summed E-state index contributed by atoms with van der Waals surface area (Å²) in [6.07, 6.45) is 0.363. The third-order valence-corrected chi connectivity index (χ3v) is 4.09. The van der Waals surface area contributed by atoms with Crippen molar-refractivity contribution in [1.29, 1.82) is 0 Å². The van der Waals surface area contributed by atoms with Crippen LogP contribution in [0.25, 0.3) is 0 Å². The Kier molecular flexibility index (Phi) is 3.79. The van der Waals surface area contributed by atoms with Crippen LogP contribution in [-0.2, 0) is 4.74 Å². The van der Waals surface area contributed by atoms with Gasteiger partial charge in [-0.1, -0.05) is 38.1 Å². The predicted octanol–water partition coefficient (Wildman–Crippen LogP) is 3.35. The molecule has 0 aliphatic carbocycles. The monoisotopic (exact) mass is 248 g/mol. The zero-order valence-electron chi connectivity index (χ0n) is 12.3. The molecule has 0 bridgehead atoms. The summed E-state index contributed by atoms with van der Waals surface area (Å²) in [5.74, 6) is 0.570. The van der Waals surface area contributed by atoms with Crippen LogP contribution in [0.5, 0.6) is 0 Å². The number of rotatable bonds is 2. The van der Waals surface area contributed by atoms with Gasteiger partial charge >= 0.3 is 0 Å². The Balaban J connectivity index is 2.36. The number of hydrogen-bond acceptors (Lipinski definition) is 1. The molecule has 100 valence electrons. The summed E-state index contributed by atoms with van der Waals surface area (Å²) in [5.41, 5.74) is 2.93. The number of nitrogens with zero attached hydrogens (tertiary/aromatic N) is 1. The maximum absolute atomic E-state index is 5.90. The van der Waals surface area contributed by atoms with Crippen LogP contribution >= 0.6 is 0 Å². The molecular formula is C16H26NO+. The van der Waals surface area contributed by atoms with Crippen molar-refractivity contribution >= 4 is 0 Å². The number of morpholine rings is 1. The second-order valence-corrected chi connectivity index (χ2v) is 6.40. The average molecular weight is 248 g/mol. The Morgan fingerprint density at radius 1 is 1.22 bits per heavy atom. The second kappa shape index (κ2) is 5.02. The van der Waals surface area contributed by atoms with E-state index < -0.39 is 0 Å². The molecule has 0 saturated carbocycles. The molecule has 0 aromatic heterocycles. The van der Waals surface area contributed by atoms with Gasteiger partial charge in [-0.15, -0.1) is 0 Å². The van der Waals surface area contributed by atoms with E-state index in [2.05, 4.69) is 59.1 Å². The van der Waals surface area contributed by atoms with Crippen LogP contribution in [0.1, 0.15) is 43.9 Å². The number of ether oxygens (including phenoxy) is 1. The van der Waals surface area contributed by atoms with E-state index in [4.69, 9.17) is 4.74 Å². The molecule has 1 heterocycles. The molecular weight excluding hydrogens is 222 g/mol.